The van der Waals surface area contributed by atoms with E-state index in [-0.39, 0.29) is 24.3 Å². The molecule has 1 aromatic heterocycles. The van der Waals surface area contributed by atoms with Gasteiger partial charge in [0.15, 0.2) is 0 Å². The third kappa shape index (κ3) is 5.38. The van der Waals surface area contributed by atoms with Gasteiger partial charge < -0.3 is 19.9 Å². The monoisotopic (exact) mass is 375 g/mol. The van der Waals surface area contributed by atoms with Crippen LogP contribution in [0, 0.1) is 11.8 Å². The maximum Gasteiger partial charge on any atom is 0.248 e. The van der Waals surface area contributed by atoms with Gasteiger partial charge in [0.05, 0.1) is 0 Å². The molecule has 1 unspecified atom stereocenters. The number of methoxy groups -OCH3 is 1. The molecule has 2 amide bonds. The molecule has 2 aliphatic rings. The predicted molar refractivity (Wildman–Crippen MR) is 101 cm³/mol. The molecule has 8 heteroatoms. The number of anilines is 1. The number of likely N-dealkylation sites (tertiary alicyclic amines) is 1. The molecule has 0 bridgehead atoms. The van der Waals surface area contributed by atoms with Crippen molar-refractivity contribution in [1.29, 1.82) is 0 Å². The summed E-state index contributed by atoms with van der Waals surface area (Å²) in [5.74, 6) is 1.29. The maximum atomic E-state index is 12.5. The number of ether oxygens (including phenoxy) is 1. The molecule has 0 radical (unpaired) electrons. The highest BCUT2D eigenvalue weighted by Gasteiger charge is 2.28. The molecule has 0 spiro atoms. The second-order valence-corrected chi connectivity index (χ2v) is 7.34. The van der Waals surface area contributed by atoms with Crippen molar-refractivity contribution in [2.75, 3.05) is 51.3 Å². The van der Waals surface area contributed by atoms with E-state index in [0.717, 1.165) is 44.7 Å². The average molecular weight is 375 g/mol. The molecule has 0 saturated carbocycles. The molecule has 0 aromatic carbocycles. The molecular weight excluding hydrogens is 346 g/mol. The summed E-state index contributed by atoms with van der Waals surface area (Å²) in [5.41, 5.74) is 0. The first-order valence-electron chi connectivity index (χ1n) is 9.73. The van der Waals surface area contributed by atoms with Crippen molar-refractivity contribution in [2.24, 2.45) is 11.8 Å². The largest absolute Gasteiger partial charge is 0.375 e. The van der Waals surface area contributed by atoms with Gasteiger partial charge in [-0.1, -0.05) is 0 Å². The van der Waals surface area contributed by atoms with Crippen molar-refractivity contribution >= 4 is 17.8 Å². The fraction of sp³-hybridized carbons (Fsp3) is 0.684. The van der Waals surface area contributed by atoms with Gasteiger partial charge >= 0.3 is 0 Å². The van der Waals surface area contributed by atoms with Gasteiger partial charge in [0.2, 0.25) is 17.8 Å². The van der Waals surface area contributed by atoms with Gasteiger partial charge in [-0.3, -0.25) is 9.59 Å². The normalized spacial score (nSPS) is 21.1. The predicted octanol–water partition coefficient (Wildman–Crippen LogP) is 0.694. The third-order valence-corrected chi connectivity index (χ3v) is 5.41. The van der Waals surface area contributed by atoms with Crippen LogP contribution >= 0.6 is 0 Å². The highest BCUT2D eigenvalue weighted by atomic mass is 16.5. The summed E-state index contributed by atoms with van der Waals surface area (Å²) in [6, 6.07) is 1.82. The Morgan fingerprint density at radius 1 is 1.19 bits per heavy atom. The van der Waals surface area contributed by atoms with Gasteiger partial charge in [-0.2, -0.15) is 0 Å². The van der Waals surface area contributed by atoms with Gasteiger partial charge in [-0.25, -0.2) is 9.97 Å². The van der Waals surface area contributed by atoms with E-state index in [0.29, 0.717) is 25.6 Å². The van der Waals surface area contributed by atoms with Gasteiger partial charge in [0.25, 0.3) is 0 Å². The van der Waals surface area contributed by atoms with E-state index in [2.05, 4.69) is 20.2 Å². The Morgan fingerprint density at radius 2 is 1.93 bits per heavy atom. The van der Waals surface area contributed by atoms with E-state index < -0.39 is 0 Å². The minimum Gasteiger partial charge on any atom is -0.375 e. The van der Waals surface area contributed by atoms with Crippen molar-refractivity contribution in [3.05, 3.63) is 18.5 Å². The van der Waals surface area contributed by atoms with Crippen molar-refractivity contribution in [3.8, 4) is 0 Å². The zero-order valence-corrected chi connectivity index (χ0v) is 16.0. The molecule has 2 aliphatic heterocycles. The summed E-state index contributed by atoms with van der Waals surface area (Å²) in [7, 11) is 1.52. The van der Waals surface area contributed by atoms with E-state index in [4.69, 9.17) is 4.74 Å². The van der Waals surface area contributed by atoms with E-state index in [1.807, 2.05) is 6.07 Å². The zero-order chi connectivity index (χ0) is 19.1. The molecule has 8 nitrogen and oxygen atoms in total. The van der Waals surface area contributed by atoms with Crippen LogP contribution in [-0.2, 0) is 14.3 Å². The van der Waals surface area contributed by atoms with Gasteiger partial charge in [0, 0.05) is 58.1 Å². The quantitative estimate of drug-likeness (QED) is 0.787. The standard InChI is InChI=1S/C19H29N5O3/c1-27-14-17(25)23-10-5-16(6-11-23)18(26)22-12-15-4-2-9-24(13-15)19-20-7-3-8-21-19/h3,7-8,15-16H,2,4-6,9-14H2,1H3,(H,22,26). The topological polar surface area (TPSA) is 87.7 Å². The molecule has 1 aromatic rings. The molecule has 2 saturated heterocycles. The molecule has 3 heterocycles. The molecular formula is C19H29N5O3. The summed E-state index contributed by atoms with van der Waals surface area (Å²) in [6.45, 7) is 3.88. The van der Waals surface area contributed by atoms with E-state index in [1.54, 1.807) is 17.3 Å². The molecule has 27 heavy (non-hydrogen) atoms. The highest BCUT2D eigenvalue weighted by molar-refractivity contribution is 5.80. The van der Waals surface area contributed by atoms with Crippen LogP contribution in [0.15, 0.2) is 18.5 Å². The van der Waals surface area contributed by atoms with E-state index >= 15 is 0 Å². The molecule has 2 fully saturated rings. The van der Waals surface area contributed by atoms with Crippen LogP contribution in [0.2, 0.25) is 0 Å². The Kier molecular flexibility index (Phi) is 6.98. The minimum absolute atomic E-state index is 0.00165. The summed E-state index contributed by atoms with van der Waals surface area (Å²) in [5, 5.41) is 3.13. The van der Waals surface area contributed by atoms with Gasteiger partial charge in [-0.05, 0) is 37.7 Å². The number of aromatic nitrogens is 2. The maximum absolute atomic E-state index is 12.5. The van der Waals surface area contributed by atoms with Crippen LogP contribution in [0.4, 0.5) is 5.95 Å². The van der Waals surface area contributed by atoms with Crippen LogP contribution in [0.3, 0.4) is 0 Å². The number of carbonyl (C=O) groups is 2. The Labute approximate surface area is 160 Å². The van der Waals surface area contributed by atoms with E-state index in [9.17, 15) is 9.59 Å². The zero-order valence-electron chi connectivity index (χ0n) is 16.0. The van der Waals surface area contributed by atoms with Crippen LogP contribution in [-0.4, -0.2) is 73.1 Å². The van der Waals surface area contributed by atoms with Crippen molar-refractivity contribution in [2.45, 2.75) is 25.7 Å². The second-order valence-electron chi connectivity index (χ2n) is 7.34. The smallest absolute Gasteiger partial charge is 0.248 e. The number of carbonyl (C=O) groups excluding carboxylic acids is 2. The first-order chi connectivity index (χ1) is 13.2. The fourth-order valence-electron chi connectivity index (χ4n) is 3.86. The SMILES string of the molecule is COCC(=O)N1CCC(C(=O)NCC2CCCN(c3ncccn3)C2)CC1. The summed E-state index contributed by atoms with van der Waals surface area (Å²) >= 11 is 0. The number of piperidine rings is 2. The van der Waals surface area contributed by atoms with Crippen molar-refractivity contribution in [3.63, 3.8) is 0 Å². The highest BCUT2D eigenvalue weighted by Crippen LogP contribution is 2.21. The lowest BCUT2D eigenvalue weighted by atomic mass is 9.94. The Hall–Kier alpha value is -2.22. The number of rotatable bonds is 6. The van der Waals surface area contributed by atoms with Crippen LogP contribution in [0.1, 0.15) is 25.7 Å². The summed E-state index contributed by atoms with van der Waals surface area (Å²) in [4.78, 5) is 37.0. The van der Waals surface area contributed by atoms with Gasteiger partial charge in [0.1, 0.15) is 6.61 Å². The van der Waals surface area contributed by atoms with E-state index in [1.165, 1.54) is 7.11 Å². The first kappa shape index (κ1) is 19.5. The second kappa shape index (κ2) is 9.64. The lowest BCUT2D eigenvalue weighted by Gasteiger charge is -2.34. The Morgan fingerprint density at radius 3 is 2.63 bits per heavy atom. The van der Waals surface area contributed by atoms with Crippen LogP contribution in [0.5, 0.6) is 0 Å². The molecule has 3 rings (SSSR count). The fourth-order valence-corrected chi connectivity index (χ4v) is 3.86. The average Bonchev–Trinajstić information content (AvgIpc) is 2.73. The van der Waals surface area contributed by atoms with Crippen LogP contribution < -0.4 is 10.2 Å². The number of nitrogens with zero attached hydrogens (tertiary/aromatic N) is 4. The summed E-state index contributed by atoms with van der Waals surface area (Å²) in [6.07, 6.45) is 7.15. The van der Waals surface area contributed by atoms with Crippen molar-refractivity contribution in [1.82, 2.24) is 20.2 Å². The number of amides is 2. The number of hydrogen-bond donors (Lipinski definition) is 1. The minimum atomic E-state index is -0.00579. The lowest BCUT2D eigenvalue weighted by Crippen LogP contribution is -2.46. The molecule has 1 atom stereocenters. The molecule has 0 aliphatic carbocycles. The Bertz CT molecular complexity index is 619. The van der Waals surface area contributed by atoms with Gasteiger partial charge in [-0.15, -0.1) is 0 Å². The first-order valence-corrected chi connectivity index (χ1v) is 9.73. The third-order valence-electron chi connectivity index (χ3n) is 5.41. The number of hydrogen-bond acceptors (Lipinski definition) is 6. The number of nitrogens with one attached hydrogen (secondary N) is 1. The van der Waals surface area contributed by atoms with Crippen molar-refractivity contribution < 1.29 is 14.3 Å². The molecule has 1 N–H and O–H groups in total. The summed E-state index contributed by atoms with van der Waals surface area (Å²) < 4.78 is 4.89. The molecule has 148 valence electrons. The Balaban J connectivity index is 1.41. The lowest BCUT2D eigenvalue weighted by molar-refractivity contribution is -0.138. The van der Waals surface area contributed by atoms with Crippen LogP contribution in [0.25, 0.3) is 0 Å².